The number of rotatable bonds is 1. The van der Waals surface area contributed by atoms with E-state index in [0.29, 0.717) is 18.8 Å². The molecule has 1 aliphatic carbocycles. The van der Waals surface area contributed by atoms with Crippen molar-refractivity contribution in [1.29, 1.82) is 0 Å². The third kappa shape index (κ3) is 3.18. The average Bonchev–Trinajstić information content (AvgIpc) is 1.71. The van der Waals surface area contributed by atoms with Crippen molar-refractivity contribution in [3.05, 3.63) is 0 Å². The molecule has 0 aromatic carbocycles. The molecule has 1 rings (SSSR count). The second-order valence-electron chi connectivity index (χ2n) is 4.72. The first kappa shape index (κ1) is 10.8. The molecule has 0 unspecified atom stereocenters. The molecule has 0 aromatic heterocycles. The highest BCUT2D eigenvalue weighted by Crippen LogP contribution is 2.44. The largest absolute Gasteiger partial charge is 0.522 e. The van der Waals surface area contributed by atoms with E-state index in [-0.39, 0.29) is 5.41 Å². The summed E-state index contributed by atoms with van der Waals surface area (Å²) in [6, 6.07) is 0. The molecule has 0 saturated heterocycles. The van der Waals surface area contributed by atoms with Gasteiger partial charge in [0.1, 0.15) is 0 Å². The highest BCUT2D eigenvalue weighted by Gasteiger charge is 2.43. The molecule has 13 heavy (non-hydrogen) atoms. The van der Waals surface area contributed by atoms with E-state index in [9.17, 15) is 13.2 Å². The van der Waals surface area contributed by atoms with Crippen molar-refractivity contribution in [2.45, 2.75) is 46.1 Å². The van der Waals surface area contributed by atoms with Gasteiger partial charge in [0.05, 0.1) is 6.10 Å². The zero-order valence-corrected chi connectivity index (χ0v) is 8.11. The van der Waals surface area contributed by atoms with E-state index >= 15 is 0 Å². The molecule has 0 aromatic rings. The highest BCUT2D eigenvalue weighted by molar-refractivity contribution is 4.88. The minimum Gasteiger partial charge on any atom is -0.289 e. The Hall–Kier alpha value is -0.250. The molecule has 1 aliphatic rings. The number of alkyl halides is 3. The van der Waals surface area contributed by atoms with Crippen LogP contribution in [0.25, 0.3) is 0 Å². The number of halogens is 3. The molecular weight excluding hydrogens is 181 g/mol. The van der Waals surface area contributed by atoms with Crippen LogP contribution in [0.15, 0.2) is 0 Å². The van der Waals surface area contributed by atoms with E-state index in [4.69, 9.17) is 0 Å². The van der Waals surface area contributed by atoms with Crippen LogP contribution in [-0.2, 0) is 4.74 Å². The maximum atomic E-state index is 11.7. The summed E-state index contributed by atoms with van der Waals surface area (Å²) in [7, 11) is 0. The summed E-state index contributed by atoms with van der Waals surface area (Å²) in [5.41, 5.74) is 0.103. The summed E-state index contributed by atoms with van der Waals surface area (Å²) < 4.78 is 39.1. The third-order valence-corrected chi connectivity index (χ3v) is 2.62. The highest BCUT2D eigenvalue weighted by atomic mass is 19.4. The van der Waals surface area contributed by atoms with E-state index in [1.54, 1.807) is 0 Å². The maximum Gasteiger partial charge on any atom is 0.522 e. The Balaban J connectivity index is 2.27. The van der Waals surface area contributed by atoms with Crippen molar-refractivity contribution < 1.29 is 17.9 Å². The molecule has 0 radical (unpaired) electrons. The quantitative estimate of drug-likeness (QED) is 0.625. The van der Waals surface area contributed by atoms with Gasteiger partial charge in [-0.3, -0.25) is 4.74 Å². The second-order valence-corrected chi connectivity index (χ2v) is 4.72. The van der Waals surface area contributed by atoms with Gasteiger partial charge in [0.2, 0.25) is 0 Å². The minimum absolute atomic E-state index is 0.103. The molecule has 1 nitrogen and oxygen atoms in total. The van der Waals surface area contributed by atoms with Gasteiger partial charge in [-0.25, -0.2) is 0 Å². The van der Waals surface area contributed by atoms with Crippen molar-refractivity contribution in [3.63, 3.8) is 0 Å². The van der Waals surface area contributed by atoms with Crippen molar-refractivity contribution in [1.82, 2.24) is 0 Å². The summed E-state index contributed by atoms with van der Waals surface area (Å²) in [5, 5.41) is 0. The summed E-state index contributed by atoms with van der Waals surface area (Å²) in [6.07, 6.45) is -4.01. The molecule has 0 amide bonds. The molecule has 0 heterocycles. The van der Waals surface area contributed by atoms with Crippen LogP contribution in [0.2, 0.25) is 0 Å². The Labute approximate surface area is 76.3 Å². The van der Waals surface area contributed by atoms with Crippen LogP contribution in [-0.4, -0.2) is 12.5 Å². The van der Waals surface area contributed by atoms with E-state index in [1.807, 2.05) is 20.8 Å². The Morgan fingerprint density at radius 2 is 1.54 bits per heavy atom. The van der Waals surface area contributed by atoms with Gasteiger partial charge in [-0.05, 0) is 24.2 Å². The first-order valence-electron chi connectivity index (χ1n) is 4.43. The molecule has 0 bridgehead atoms. The van der Waals surface area contributed by atoms with E-state index in [2.05, 4.69) is 4.74 Å². The van der Waals surface area contributed by atoms with Crippen molar-refractivity contribution >= 4 is 0 Å². The van der Waals surface area contributed by atoms with Crippen LogP contribution in [0.1, 0.15) is 33.6 Å². The molecule has 4 heteroatoms. The summed E-state index contributed by atoms with van der Waals surface area (Å²) in [5.74, 6) is 0.361. The van der Waals surface area contributed by atoms with Crippen LogP contribution < -0.4 is 0 Å². The predicted molar refractivity (Wildman–Crippen MR) is 43.1 cm³/mol. The molecule has 0 N–H and O–H groups in total. The fourth-order valence-electron chi connectivity index (χ4n) is 1.56. The van der Waals surface area contributed by atoms with E-state index in [1.165, 1.54) is 0 Å². The van der Waals surface area contributed by atoms with Gasteiger partial charge in [-0.2, -0.15) is 0 Å². The topological polar surface area (TPSA) is 9.23 Å². The lowest BCUT2D eigenvalue weighted by Crippen LogP contribution is -2.41. The van der Waals surface area contributed by atoms with Gasteiger partial charge < -0.3 is 0 Å². The second kappa shape index (κ2) is 3.15. The number of ether oxygens (including phenoxy) is 1. The zero-order valence-electron chi connectivity index (χ0n) is 8.11. The normalized spacial score (nSPS) is 30.0. The molecule has 0 spiro atoms. The first-order chi connectivity index (χ1) is 5.68. The van der Waals surface area contributed by atoms with Gasteiger partial charge in [0.25, 0.3) is 0 Å². The Bertz CT molecular complexity index is 174. The van der Waals surface area contributed by atoms with Crippen LogP contribution in [0.4, 0.5) is 13.2 Å². The summed E-state index contributed by atoms with van der Waals surface area (Å²) in [4.78, 5) is 0. The van der Waals surface area contributed by atoms with Gasteiger partial charge >= 0.3 is 6.36 Å². The molecule has 1 fully saturated rings. The van der Waals surface area contributed by atoms with E-state index in [0.717, 1.165) is 0 Å². The van der Waals surface area contributed by atoms with Crippen LogP contribution in [0, 0.1) is 11.3 Å². The zero-order chi connectivity index (χ0) is 10.3. The van der Waals surface area contributed by atoms with Gasteiger partial charge in [-0.1, -0.05) is 20.8 Å². The van der Waals surface area contributed by atoms with Crippen LogP contribution in [0.3, 0.4) is 0 Å². The smallest absolute Gasteiger partial charge is 0.289 e. The van der Waals surface area contributed by atoms with Gasteiger partial charge in [0.15, 0.2) is 0 Å². The fraction of sp³-hybridized carbons (Fsp3) is 1.00. The van der Waals surface area contributed by atoms with Crippen molar-refractivity contribution in [2.24, 2.45) is 11.3 Å². The molecule has 0 atom stereocenters. The molecule has 0 aliphatic heterocycles. The minimum atomic E-state index is -4.46. The number of hydrogen-bond acceptors (Lipinski definition) is 1. The van der Waals surface area contributed by atoms with Crippen LogP contribution >= 0.6 is 0 Å². The fourth-order valence-corrected chi connectivity index (χ4v) is 1.56. The predicted octanol–water partition coefficient (Wildman–Crippen LogP) is 3.35. The average molecular weight is 196 g/mol. The maximum absolute atomic E-state index is 11.7. The SMILES string of the molecule is CC(C)(C)C1CC(OC(F)(F)F)C1. The van der Waals surface area contributed by atoms with Crippen molar-refractivity contribution in [3.8, 4) is 0 Å². The van der Waals surface area contributed by atoms with E-state index < -0.39 is 12.5 Å². The lowest BCUT2D eigenvalue weighted by atomic mass is 9.67. The van der Waals surface area contributed by atoms with Gasteiger partial charge in [-0.15, -0.1) is 13.2 Å². The summed E-state index contributed by atoms with van der Waals surface area (Å²) >= 11 is 0. The Kier molecular flexibility index (Phi) is 2.63. The first-order valence-corrected chi connectivity index (χ1v) is 4.43. The Morgan fingerprint density at radius 3 is 1.85 bits per heavy atom. The monoisotopic (exact) mass is 196 g/mol. The molecule has 1 saturated carbocycles. The van der Waals surface area contributed by atoms with Gasteiger partial charge in [0, 0.05) is 0 Å². The standard InChI is InChI=1S/C9H15F3O/c1-8(2,3)6-4-7(5-6)13-9(10,11)12/h6-7H,4-5H2,1-3H3. The van der Waals surface area contributed by atoms with Crippen molar-refractivity contribution in [2.75, 3.05) is 0 Å². The van der Waals surface area contributed by atoms with Crippen LogP contribution in [0.5, 0.6) is 0 Å². The Morgan fingerprint density at radius 1 is 1.08 bits per heavy atom. The molecule has 78 valence electrons. The third-order valence-electron chi connectivity index (χ3n) is 2.62. The lowest BCUT2D eigenvalue weighted by Gasteiger charge is -2.43. The molecular formula is C9H15F3O. The lowest BCUT2D eigenvalue weighted by molar-refractivity contribution is -0.356. The summed E-state index contributed by atoms with van der Waals surface area (Å²) in [6.45, 7) is 6.13. The number of hydrogen-bond donors (Lipinski definition) is 0.